The molecule has 2 N–H and O–H groups in total. The van der Waals surface area contributed by atoms with E-state index in [4.69, 9.17) is 0 Å². The smallest absolute Gasteiger partial charge is 0.377 e. The van der Waals surface area contributed by atoms with Crippen LogP contribution in [0.5, 0.6) is 0 Å². The summed E-state index contributed by atoms with van der Waals surface area (Å²) in [5.74, 6) is -0.988. The molecule has 32 heavy (non-hydrogen) atoms. The van der Waals surface area contributed by atoms with Crippen molar-refractivity contribution in [1.29, 1.82) is 0 Å². The van der Waals surface area contributed by atoms with Crippen molar-refractivity contribution in [3.8, 4) is 0 Å². The Balaban J connectivity index is 2.20. The average molecular weight is 451 g/mol. The highest BCUT2D eigenvalue weighted by atomic mass is 19.4. The Morgan fingerprint density at radius 1 is 0.969 bits per heavy atom. The molecule has 2 aromatic carbocycles. The minimum atomic E-state index is -4.54. The van der Waals surface area contributed by atoms with Crippen LogP contribution >= 0.6 is 0 Å². The summed E-state index contributed by atoms with van der Waals surface area (Å²) in [4.78, 5) is 29.3. The van der Waals surface area contributed by atoms with Gasteiger partial charge in [0.05, 0.1) is 11.1 Å². The average Bonchev–Trinajstić information content (AvgIpc) is 2.75. The van der Waals surface area contributed by atoms with Crippen molar-refractivity contribution in [1.82, 2.24) is 10.2 Å². The third-order valence-corrected chi connectivity index (χ3v) is 5.04. The van der Waals surface area contributed by atoms with E-state index in [0.29, 0.717) is 30.0 Å². The molecule has 0 bridgehead atoms. The van der Waals surface area contributed by atoms with Crippen molar-refractivity contribution in [2.75, 3.05) is 50.5 Å². The van der Waals surface area contributed by atoms with Gasteiger partial charge in [-0.05, 0) is 49.5 Å². The van der Waals surface area contributed by atoms with Gasteiger partial charge in [-0.15, -0.1) is 0 Å². The van der Waals surface area contributed by atoms with E-state index in [1.807, 2.05) is 13.8 Å². The maximum Gasteiger partial charge on any atom is 0.416 e. The van der Waals surface area contributed by atoms with Crippen molar-refractivity contribution in [2.24, 2.45) is 0 Å². The number of hydrogen-bond acceptors (Lipinski definition) is 4. The number of nitrogens with one attached hydrogen (secondary N) is 2. The fourth-order valence-corrected chi connectivity index (χ4v) is 3.19. The van der Waals surface area contributed by atoms with Crippen molar-refractivity contribution in [3.05, 3.63) is 59.2 Å². The van der Waals surface area contributed by atoms with E-state index < -0.39 is 17.6 Å². The van der Waals surface area contributed by atoms with Gasteiger partial charge in [0, 0.05) is 44.1 Å². The molecule has 0 aromatic heterocycles. The molecule has 0 radical (unpaired) electrons. The molecule has 0 fully saturated rings. The first-order chi connectivity index (χ1) is 15.1. The van der Waals surface area contributed by atoms with Gasteiger partial charge >= 0.3 is 6.18 Å². The van der Waals surface area contributed by atoms with E-state index >= 15 is 0 Å². The molecular weight excluding hydrogens is 421 g/mol. The number of carbonyl (C=O) groups excluding carboxylic acids is 2. The number of carbonyl (C=O) groups is 2. The predicted molar refractivity (Wildman–Crippen MR) is 120 cm³/mol. The van der Waals surface area contributed by atoms with E-state index in [-0.39, 0.29) is 11.5 Å². The maximum atomic E-state index is 12.9. The van der Waals surface area contributed by atoms with Crippen LogP contribution in [0.4, 0.5) is 24.5 Å². The van der Waals surface area contributed by atoms with Crippen molar-refractivity contribution < 1.29 is 22.8 Å². The molecule has 0 unspecified atom stereocenters. The topological polar surface area (TPSA) is 64.7 Å². The fourth-order valence-electron chi connectivity index (χ4n) is 3.19. The predicted octanol–water partition coefficient (Wildman–Crippen LogP) is 4.10. The molecule has 9 heteroatoms. The third-order valence-electron chi connectivity index (χ3n) is 5.04. The van der Waals surface area contributed by atoms with Gasteiger partial charge in [0.15, 0.2) is 0 Å². The number of hydrogen-bond donors (Lipinski definition) is 2. The molecule has 2 aromatic rings. The van der Waals surface area contributed by atoms with Gasteiger partial charge in [-0.2, -0.15) is 13.2 Å². The Morgan fingerprint density at radius 3 is 2.25 bits per heavy atom. The van der Waals surface area contributed by atoms with Crippen LogP contribution < -0.4 is 15.5 Å². The molecule has 0 aliphatic rings. The lowest BCUT2D eigenvalue weighted by atomic mass is 10.1. The first-order valence-electron chi connectivity index (χ1n) is 10.4. The Hall–Kier alpha value is -3.07. The number of nitrogens with zero attached hydrogens (tertiary/aromatic N) is 2. The van der Waals surface area contributed by atoms with E-state index in [1.54, 1.807) is 31.1 Å². The van der Waals surface area contributed by atoms with Gasteiger partial charge in [-0.1, -0.05) is 19.9 Å². The quantitative estimate of drug-likeness (QED) is 0.604. The van der Waals surface area contributed by atoms with Crippen molar-refractivity contribution in [3.63, 3.8) is 0 Å². The number of amides is 2. The molecule has 0 heterocycles. The van der Waals surface area contributed by atoms with E-state index in [1.165, 1.54) is 18.2 Å². The molecule has 0 spiro atoms. The number of anilines is 2. The molecule has 6 nitrogen and oxygen atoms in total. The van der Waals surface area contributed by atoms with Crippen LogP contribution in [0, 0.1) is 0 Å². The van der Waals surface area contributed by atoms with Crippen molar-refractivity contribution >= 4 is 23.2 Å². The van der Waals surface area contributed by atoms with Crippen molar-refractivity contribution in [2.45, 2.75) is 20.0 Å². The minimum Gasteiger partial charge on any atom is -0.377 e. The summed E-state index contributed by atoms with van der Waals surface area (Å²) in [6.07, 6.45) is -4.54. The Bertz CT molecular complexity index is 941. The first-order valence-corrected chi connectivity index (χ1v) is 10.4. The van der Waals surface area contributed by atoms with E-state index in [2.05, 4.69) is 15.5 Å². The van der Waals surface area contributed by atoms with E-state index in [9.17, 15) is 22.8 Å². The zero-order valence-corrected chi connectivity index (χ0v) is 18.7. The molecule has 0 aliphatic heterocycles. The van der Waals surface area contributed by atoms with Crippen LogP contribution in [0.25, 0.3) is 0 Å². The second-order valence-electron chi connectivity index (χ2n) is 7.44. The van der Waals surface area contributed by atoms with Crippen LogP contribution in [0.1, 0.15) is 40.1 Å². The SMILES string of the molecule is CCN(CC)CCNC(=O)c1cc(NC(=O)c2cccc(C(F)(F)F)c2)ccc1N(C)C. The lowest BCUT2D eigenvalue weighted by molar-refractivity contribution is -0.137. The molecule has 2 amide bonds. The van der Waals surface area contributed by atoms with Gasteiger partial charge in [-0.3, -0.25) is 9.59 Å². The molecule has 0 aliphatic carbocycles. The van der Waals surface area contributed by atoms with Gasteiger partial charge in [0.2, 0.25) is 0 Å². The minimum absolute atomic E-state index is 0.123. The molecule has 0 saturated carbocycles. The molecule has 174 valence electrons. The second kappa shape index (κ2) is 11.0. The summed E-state index contributed by atoms with van der Waals surface area (Å²) < 4.78 is 38.8. The number of likely N-dealkylation sites (N-methyl/N-ethyl adjacent to an activating group) is 1. The van der Waals surface area contributed by atoms with E-state index in [0.717, 1.165) is 25.2 Å². The number of benzene rings is 2. The Morgan fingerprint density at radius 2 is 1.66 bits per heavy atom. The largest absolute Gasteiger partial charge is 0.416 e. The zero-order valence-electron chi connectivity index (χ0n) is 18.7. The summed E-state index contributed by atoms with van der Waals surface area (Å²) in [6.45, 7) is 7.03. The lowest BCUT2D eigenvalue weighted by Crippen LogP contribution is -2.35. The highest BCUT2D eigenvalue weighted by Gasteiger charge is 2.31. The van der Waals surface area contributed by atoms with Gasteiger partial charge in [0.1, 0.15) is 0 Å². The highest BCUT2D eigenvalue weighted by Crippen LogP contribution is 2.30. The fraction of sp³-hybridized carbons (Fsp3) is 0.391. The monoisotopic (exact) mass is 450 g/mol. The second-order valence-corrected chi connectivity index (χ2v) is 7.44. The maximum absolute atomic E-state index is 12.9. The highest BCUT2D eigenvalue weighted by molar-refractivity contribution is 6.06. The number of rotatable bonds is 9. The first kappa shape index (κ1) is 25.2. The normalized spacial score (nSPS) is 11.4. The molecular formula is C23H29F3N4O2. The molecule has 0 saturated heterocycles. The van der Waals surface area contributed by atoms with Crippen LogP contribution in [0.15, 0.2) is 42.5 Å². The molecule has 2 rings (SSSR count). The van der Waals surface area contributed by atoms with Crippen LogP contribution in [-0.2, 0) is 6.18 Å². The molecule has 0 atom stereocenters. The van der Waals surface area contributed by atoms with Gasteiger partial charge in [0.25, 0.3) is 11.8 Å². The van der Waals surface area contributed by atoms with Crippen LogP contribution in [-0.4, -0.2) is 57.0 Å². The zero-order chi connectivity index (χ0) is 23.9. The van der Waals surface area contributed by atoms with Crippen LogP contribution in [0.3, 0.4) is 0 Å². The summed E-state index contributed by atoms with van der Waals surface area (Å²) >= 11 is 0. The van der Waals surface area contributed by atoms with Gasteiger partial charge in [-0.25, -0.2) is 0 Å². The summed E-state index contributed by atoms with van der Waals surface area (Å²) in [5.41, 5.74) is 0.300. The Labute approximate surface area is 186 Å². The standard InChI is InChI=1S/C23H29F3N4O2/c1-5-30(6-2)13-12-27-22(32)19-15-18(10-11-20(19)29(3)4)28-21(31)16-8-7-9-17(14-16)23(24,25)26/h7-11,14-15H,5-6,12-13H2,1-4H3,(H,27,32)(H,28,31). The number of halogens is 3. The summed E-state index contributed by atoms with van der Waals surface area (Å²) in [7, 11) is 3.59. The van der Waals surface area contributed by atoms with Crippen LogP contribution in [0.2, 0.25) is 0 Å². The summed E-state index contributed by atoms with van der Waals surface area (Å²) in [6, 6.07) is 9.00. The van der Waals surface area contributed by atoms with Gasteiger partial charge < -0.3 is 20.4 Å². The Kier molecular flexibility index (Phi) is 8.65. The number of alkyl halides is 3. The third kappa shape index (κ3) is 6.71. The lowest BCUT2D eigenvalue weighted by Gasteiger charge is -2.20. The summed E-state index contributed by atoms with van der Waals surface area (Å²) in [5, 5.41) is 5.46.